The quantitative estimate of drug-likeness (QED) is 0.478. The first kappa shape index (κ1) is 13.7. The Bertz CT molecular complexity index is 548. The van der Waals surface area contributed by atoms with Gasteiger partial charge in [0.15, 0.2) is 0 Å². The third-order valence-electron chi connectivity index (χ3n) is 2.03. The predicted molar refractivity (Wildman–Crippen MR) is 61.1 cm³/mol. The number of rotatable bonds is 4. The van der Waals surface area contributed by atoms with Crippen molar-refractivity contribution in [3.05, 3.63) is 34.1 Å². The highest BCUT2D eigenvalue weighted by Crippen LogP contribution is 2.26. The van der Waals surface area contributed by atoms with Crippen LogP contribution in [0.3, 0.4) is 0 Å². The van der Waals surface area contributed by atoms with Crippen LogP contribution in [0.5, 0.6) is 0 Å². The van der Waals surface area contributed by atoms with Gasteiger partial charge in [0.2, 0.25) is 10.0 Å². The minimum absolute atomic E-state index is 0.405. The fraction of sp³-hybridized carbons (Fsp3) is 0.250. The van der Waals surface area contributed by atoms with Crippen LogP contribution in [-0.4, -0.2) is 25.6 Å². The van der Waals surface area contributed by atoms with Crippen molar-refractivity contribution in [1.82, 2.24) is 0 Å². The molecule has 0 unspecified atom stereocenters. The molecule has 6 nitrogen and oxygen atoms in total. The number of halogens is 2. The minimum atomic E-state index is -3.88. The molecule has 1 aromatic rings. The van der Waals surface area contributed by atoms with E-state index < -0.39 is 37.4 Å². The summed E-state index contributed by atoms with van der Waals surface area (Å²) in [7, 11) is -2.81. The third kappa shape index (κ3) is 2.83. The van der Waals surface area contributed by atoms with Crippen molar-refractivity contribution in [2.45, 2.75) is 0 Å². The second kappa shape index (κ2) is 4.84. The maximum absolute atomic E-state index is 13.4. The zero-order valence-corrected chi connectivity index (χ0v) is 10.2. The van der Waals surface area contributed by atoms with Gasteiger partial charge in [0.25, 0.3) is 5.69 Å². The van der Waals surface area contributed by atoms with Crippen LogP contribution in [0.4, 0.5) is 15.8 Å². The van der Waals surface area contributed by atoms with Gasteiger partial charge in [-0.05, 0) is 6.07 Å². The molecule has 0 N–H and O–H groups in total. The number of anilines is 1. The zero-order chi connectivity index (χ0) is 13.2. The molecule has 0 heterocycles. The van der Waals surface area contributed by atoms with Crippen molar-refractivity contribution in [1.29, 1.82) is 0 Å². The lowest BCUT2D eigenvalue weighted by Gasteiger charge is -2.17. The number of sulfonamides is 1. The van der Waals surface area contributed by atoms with Gasteiger partial charge in [-0.25, -0.2) is 12.8 Å². The number of benzene rings is 1. The van der Waals surface area contributed by atoms with Crippen molar-refractivity contribution in [2.75, 3.05) is 16.6 Å². The highest BCUT2D eigenvalue weighted by atomic mass is 35.5. The van der Waals surface area contributed by atoms with Crippen LogP contribution in [0.15, 0.2) is 18.2 Å². The molecule has 17 heavy (non-hydrogen) atoms. The molecule has 0 radical (unpaired) electrons. The normalized spacial score (nSPS) is 11.2. The Morgan fingerprint density at radius 3 is 2.59 bits per heavy atom. The van der Waals surface area contributed by atoms with E-state index in [2.05, 4.69) is 0 Å². The van der Waals surface area contributed by atoms with Crippen LogP contribution in [-0.2, 0) is 10.0 Å². The average Bonchev–Trinajstić information content (AvgIpc) is 2.28. The van der Waals surface area contributed by atoms with Crippen LogP contribution in [0.25, 0.3) is 0 Å². The standard InChI is InChI=1S/C8H8ClFN2O4S/c1-11(17(15,16)5-9)8-4-6(12(13)14)2-3-7(8)10/h2-4H,5H2,1H3. The Labute approximate surface area is 102 Å². The van der Waals surface area contributed by atoms with E-state index in [9.17, 15) is 22.9 Å². The summed E-state index contributed by atoms with van der Waals surface area (Å²) in [5.74, 6) is -0.883. The monoisotopic (exact) mass is 282 g/mol. The minimum Gasteiger partial charge on any atom is -0.269 e. The number of nitrogens with zero attached hydrogens (tertiary/aromatic N) is 2. The molecule has 0 amide bonds. The summed E-state index contributed by atoms with van der Waals surface area (Å²) >= 11 is 5.21. The third-order valence-corrected chi connectivity index (χ3v) is 4.17. The Morgan fingerprint density at radius 2 is 2.12 bits per heavy atom. The molecule has 1 aromatic carbocycles. The highest BCUT2D eigenvalue weighted by Gasteiger charge is 2.22. The van der Waals surface area contributed by atoms with E-state index in [1.807, 2.05) is 0 Å². The van der Waals surface area contributed by atoms with Gasteiger partial charge < -0.3 is 0 Å². The molecule has 0 aliphatic carbocycles. The van der Waals surface area contributed by atoms with E-state index in [0.29, 0.717) is 4.31 Å². The Hall–Kier alpha value is -1.41. The lowest BCUT2D eigenvalue weighted by molar-refractivity contribution is -0.384. The van der Waals surface area contributed by atoms with Crippen LogP contribution < -0.4 is 4.31 Å². The SMILES string of the molecule is CN(c1cc([N+](=O)[O-])ccc1F)S(=O)(=O)CCl. The number of nitro benzene ring substituents is 1. The summed E-state index contributed by atoms with van der Waals surface area (Å²) in [6, 6.07) is 2.60. The van der Waals surface area contributed by atoms with E-state index in [1.165, 1.54) is 0 Å². The molecule has 9 heteroatoms. The Morgan fingerprint density at radius 1 is 1.53 bits per heavy atom. The van der Waals surface area contributed by atoms with Crippen LogP contribution >= 0.6 is 11.6 Å². The Balaban J connectivity index is 3.31. The summed E-state index contributed by atoms with van der Waals surface area (Å²) < 4.78 is 36.7. The zero-order valence-electron chi connectivity index (χ0n) is 8.63. The Kier molecular flexibility index (Phi) is 3.89. The largest absolute Gasteiger partial charge is 0.271 e. The number of hydrogen-bond acceptors (Lipinski definition) is 4. The van der Waals surface area contributed by atoms with E-state index in [0.717, 1.165) is 25.2 Å². The van der Waals surface area contributed by atoms with Crippen LogP contribution in [0, 0.1) is 15.9 Å². The van der Waals surface area contributed by atoms with Gasteiger partial charge in [0.1, 0.15) is 11.0 Å². The topological polar surface area (TPSA) is 80.5 Å². The van der Waals surface area contributed by atoms with E-state index in [-0.39, 0.29) is 0 Å². The summed E-state index contributed by atoms with van der Waals surface area (Å²) in [6.07, 6.45) is 0. The fourth-order valence-electron chi connectivity index (χ4n) is 1.08. The van der Waals surface area contributed by atoms with Gasteiger partial charge in [-0.2, -0.15) is 0 Å². The number of nitro groups is 1. The summed E-state index contributed by atoms with van der Waals surface area (Å²) in [6.45, 7) is 0. The molecule has 0 saturated heterocycles. The average molecular weight is 283 g/mol. The van der Waals surface area contributed by atoms with E-state index >= 15 is 0 Å². The lowest BCUT2D eigenvalue weighted by atomic mass is 10.2. The van der Waals surface area contributed by atoms with Crippen LogP contribution in [0.1, 0.15) is 0 Å². The van der Waals surface area contributed by atoms with Crippen LogP contribution in [0.2, 0.25) is 0 Å². The smallest absolute Gasteiger partial charge is 0.269 e. The van der Waals surface area contributed by atoms with E-state index in [4.69, 9.17) is 11.6 Å². The molecule has 0 bridgehead atoms. The molecule has 94 valence electrons. The number of hydrogen-bond donors (Lipinski definition) is 0. The first-order chi connectivity index (χ1) is 7.79. The molecule has 0 aliphatic heterocycles. The molecule has 0 aromatic heterocycles. The van der Waals surface area contributed by atoms with Crippen molar-refractivity contribution in [3.63, 3.8) is 0 Å². The first-order valence-corrected chi connectivity index (χ1v) is 6.40. The number of alkyl halides is 1. The summed E-state index contributed by atoms with van der Waals surface area (Å²) in [4.78, 5) is 9.75. The summed E-state index contributed by atoms with van der Waals surface area (Å²) in [5.41, 5.74) is -0.821. The molecule has 1 rings (SSSR count). The molecular formula is C8H8ClFN2O4S. The number of non-ortho nitro benzene ring substituents is 1. The van der Waals surface area contributed by atoms with Gasteiger partial charge in [-0.15, -0.1) is 11.6 Å². The lowest BCUT2D eigenvalue weighted by Crippen LogP contribution is -2.28. The van der Waals surface area contributed by atoms with Crippen molar-refractivity contribution >= 4 is 33.0 Å². The van der Waals surface area contributed by atoms with Crippen molar-refractivity contribution < 1.29 is 17.7 Å². The molecule has 0 atom stereocenters. The second-order valence-electron chi connectivity index (χ2n) is 3.08. The maximum atomic E-state index is 13.4. The van der Waals surface area contributed by atoms with Crippen molar-refractivity contribution in [3.8, 4) is 0 Å². The summed E-state index contributed by atoms with van der Waals surface area (Å²) in [5, 5.41) is 9.75. The van der Waals surface area contributed by atoms with E-state index in [1.54, 1.807) is 0 Å². The van der Waals surface area contributed by atoms with Gasteiger partial charge >= 0.3 is 0 Å². The van der Waals surface area contributed by atoms with Gasteiger partial charge in [-0.3, -0.25) is 14.4 Å². The second-order valence-corrected chi connectivity index (χ2v) is 5.67. The first-order valence-electron chi connectivity index (χ1n) is 4.26. The van der Waals surface area contributed by atoms with Gasteiger partial charge in [0.05, 0.1) is 10.6 Å². The molecule has 0 spiro atoms. The van der Waals surface area contributed by atoms with Gasteiger partial charge in [0, 0.05) is 19.2 Å². The fourth-order valence-corrected chi connectivity index (χ4v) is 2.10. The molecular weight excluding hydrogens is 275 g/mol. The molecule has 0 aliphatic rings. The highest BCUT2D eigenvalue weighted by molar-refractivity contribution is 7.93. The van der Waals surface area contributed by atoms with Gasteiger partial charge in [-0.1, -0.05) is 0 Å². The predicted octanol–water partition coefficient (Wildman–Crippen LogP) is 1.70. The molecule has 0 fully saturated rings. The van der Waals surface area contributed by atoms with Crippen molar-refractivity contribution in [2.24, 2.45) is 0 Å². The maximum Gasteiger partial charge on any atom is 0.271 e. The molecule has 0 saturated carbocycles.